The topological polar surface area (TPSA) is 69.2 Å². The molecular weight excluding hydrogens is 279 g/mol. The van der Waals surface area contributed by atoms with Gasteiger partial charge >= 0.3 is 0 Å². The minimum atomic E-state index is -0.598. The van der Waals surface area contributed by atoms with Gasteiger partial charge in [0, 0.05) is 22.4 Å². The van der Waals surface area contributed by atoms with Gasteiger partial charge in [0.1, 0.15) is 5.82 Å². The van der Waals surface area contributed by atoms with Gasteiger partial charge < -0.3 is 5.73 Å². The molecule has 2 N–H and O–H groups in total. The van der Waals surface area contributed by atoms with E-state index in [0.29, 0.717) is 17.0 Å². The largest absolute Gasteiger partial charge is 0.398 e. The molecule has 0 aromatic heterocycles. The molecule has 0 fully saturated rings. The number of thioether (sulfide) groups is 1. The Balaban J connectivity index is 2.19. The Morgan fingerprint density at radius 3 is 2.80 bits per heavy atom. The minimum absolute atomic E-state index is 0.232. The molecule has 6 heteroatoms. The summed E-state index contributed by atoms with van der Waals surface area (Å²) in [4.78, 5) is 11.1. The fraction of sp³-hybridized carbons (Fsp3) is 0.143. The van der Waals surface area contributed by atoms with Gasteiger partial charge in [0.25, 0.3) is 5.69 Å². The fourth-order valence-electron chi connectivity index (χ4n) is 1.77. The molecule has 0 radical (unpaired) electrons. The molecule has 0 saturated heterocycles. The Labute approximate surface area is 119 Å². The number of rotatable bonds is 4. The van der Waals surface area contributed by atoms with Crippen LogP contribution >= 0.6 is 11.8 Å². The normalized spacial score (nSPS) is 10.5. The van der Waals surface area contributed by atoms with E-state index in [0.717, 1.165) is 16.5 Å². The lowest BCUT2D eigenvalue weighted by molar-refractivity contribution is -0.385. The Hall–Kier alpha value is -2.08. The van der Waals surface area contributed by atoms with E-state index in [1.165, 1.54) is 23.9 Å². The van der Waals surface area contributed by atoms with Gasteiger partial charge in [0.05, 0.1) is 11.0 Å². The highest BCUT2D eigenvalue weighted by Crippen LogP contribution is 2.30. The van der Waals surface area contributed by atoms with Crippen LogP contribution in [0.2, 0.25) is 0 Å². The maximum Gasteiger partial charge on any atom is 0.272 e. The van der Waals surface area contributed by atoms with Gasteiger partial charge in [-0.15, -0.1) is 11.8 Å². The predicted octanol–water partition coefficient (Wildman–Crippen LogP) is 3.92. The van der Waals surface area contributed by atoms with Crippen molar-refractivity contribution < 1.29 is 9.31 Å². The third-order valence-corrected chi connectivity index (χ3v) is 4.10. The zero-order valence-corrected chi connectivity index (χ0v) is 11.6. The molecule has 2 aromatic rings. The van der Waals surface area contributed by atoms with Crippen molar-refractivity contribution in [2.75, 3.05) is 5.73 Å². The van der Waals surface area contributed by atoms with Gasteiger partial charge in [0.15, 0.2) is 0 Å². The molecule has 0 amide bonds. The number of hydrogen-bond donors (Lipinski definition) is 1. The molecule has 2 rings (SSSR count). The van der Waals surface area contributed by atoms with Crippen LogP contribution in [0.5, 0.6) is 0 Å². The van der Waals surface area contributed by atoms with Crippen molar-refractivity contribution in [2.45, 2.75) is 17.6 Å². The zero-order chi connectivity index (χ0) is 14.7. The molecule has 0 heterocycles. The molecule has 2 aromatic carbocycles. The van der Waals surface area contributed by atoms with E-state index in [1.54, 1.807) is 0 Å². The van der Waals surface area contributed by atoms with Gasteiger partial charge in [-0.25, -0.2) is 4.39 Å². The highest BCUT2D eigenvalue weighted by atomic mass is 32.2. The summed E-state index contributed by atoms with van der Waals surface area (Å²) >= 11 is 1.47. The van der Waals surface area contributed by atoms with Gasteiger partial charge in [-0.2, -0.15) is 0 Å². The number of nitrogen functional groups attached to an aromatic ring is 1. The quantitative estimate of drug-likeness (QED) is 0.401. The lowest BCUT2D eigenvalue weighted by atomic mass is 10.2. The second kappa shape index (κ2) is 5.92. The van der Waals surface area contributed by atoms with E-state index < -0.39 is 10.7 Å². The number of benzene rings is 2. The van der Waals surface area contributed by atoms with Crippen molar-refractivity contribution in [3.8, 4) is 0 Å². The van der Waals surface area contributed by atoms with E-state index in [9.17, 15) is 14.5 Å². The van der Waals surface area contributed by atoms with Crippen LogP contribution < -0.4 is 5.73 Å². The van der Waals surface area contributed by atoms with Crippen molar-refractivity contribution >= 4 is 23.1 Å². The van der Waals surface area contributed by atoms with Crippen LogP contribution in [0.25, 0.3) is 0 Å². The smallest absolute Gasteiger partial charge is 0.272 e. The van der Waals surface area contributed by atoms with E-state index in [1.807, 2.05) is 25.1 Å². The van der Waals surface area contributed by atoms with E-state index in [4.69, 9.17) is 5.73 Å². The van der Waals surface area contributed by atoms with Gasteiger partial charge in [0.2, 0.25) is 0 Å². The second-order valence-electron chi connectivity index (χ2n) is 4.33. The molecule has 20 heavy (non-hydrogen) atoms. The average Bonchev–Trinajstić information content (AvgIpc) is 2.40. The standard InChI is InChI=1S/C14H13FN2O2S/c1-9-13(16)3-2-4-14(9)20-8-10-5-11(15)7-12(6-10)17(18)19/h2-7H,8,16H2,1H3. The van der Waals surface area contributed by atoms with Crippen LogP contribution in [0.3, 0.4) is 0 Å². The second-order valence-corrected chi connectivity index (χ2v) is 5.35. The molecule has 0 aliphatic rings. The Kier molecular flexibility index (Phi) is 4.24. The maximum absolute atomic E-state index is 13.3. The highest BCUT2D eigenvalue weighted by molar-refractivity contribution is 7.98. The van der Waals surface area contributed by atoms with Crippen LogP contribution in [-0.4, -0.2) is 4.92 Å². The maximum atomic E-state index is 13.3. The molecule has 0 saturated carbocycles. The number of halogens is 1. The monoisotopic (exact) mass is 292 g/mol. The van der Waals surface area contributed by atoms with Crippen molar-refractivity contribution in [2.24, 2.45) is 0 Å². The minimum Gasteiger partial charge on any atom is -0.398 e. The van der Waals surface area contributed by atoms with E-state index in [2.05, 4.69) is 0 Å². The summed E-state index contributed by atoms with van der Waals surface area (Å²) in [5.41, 5.74) is 7.81. The molecule has 104 valence electrons. The van der Waals surface area contributed by atoms with Crippen molar-refractivity contribution in [1.82, 2.24) is 0 Å². The Morgan fingerprint density at radius 2 is 2.10 bits per heavy atom. The summed E-state index contributed by atoms with van der Waals surface area (Å²) in [6, 6.07) is 9.19. The number of hydrogen-bond acceptors (Lipinski definition) is 4. The van der Waals surface area contributed by atoms with Gasteiger partial charge in [-0.3, -0.25) is 10.1 Å². The summed E-state index contributed by atoms with van der Waals surface area (Å²) < 4.78 is 13.3. The third-order valence-electron chi connectivity index (χ3n) is 2.87. The molecule has 0 bridgehead atoms. The summed E-state index contributed by atoms with van der Waals surface area (Å²) in [7, 11) is 0. The SMILES string of the molecule is Cc1c(N)cccc1SCc1cc(F)cc([N+](=O)[O-])c1. The van der Waals surface area contributed by atoms with Crippen LogP contribution in [0, 0.1) is 22.9 Å². The molecule has 0 aliphatic carbocycles. The fourth-order valence-corrected chi connectivity index (χ4v) is 2.77. The molecular formula is C14H13FN2O2S. The van der Waals surface area contributed by atoms with Crippen molar-refractivity contribution in [1.29, 1.82) is 0 Å². The molecule has 0 spiro atoms. The number of anilines is 1. The van der Waals surface area contributed by atoms with Crippen molar-refractivity contribution in [3.05, 3.63) is 63.5 Å². The van der Waals surface area contributed by atoms with Crippen LogP contribution in [-0.2, 0) is 5.75 Å². The first-order valence-electron chi connectivity index (χ1n) is 5.89. The number of nitrogens with two attached hydrogens (primary N) is 1. The van der Waals surface area contributed by atoms with Crippen LogP contribution in [0.1, 0.15) is 11.1 Å². The average molecular weight is 292 g/mol. The molecule has 0 atom stereocenters. The van der Waals surface area contributed by atoms with Gasteiger partial charge in [-0.1, -0.05) is 6.07 Å². The predicted molar refractivity (Wildman–Crippen MR) is 78.2 cm³/mol. The number of nitrogens with zero attached hydrogens (tertiary/aromatic N) is 1. The lowest BCUT2D eigenvalue weighted by Crippen LogP contribution is -1.93. The molecule has 4 nitrogen and oxygen atoms in total. The first kappa shape index (κ1) is 14.3. The summed E-state index contributed by atoms with van der Waals surface area (Å²) in [6.45, 7) is 1.91. The first-order chi connectivity index (χ1) is 9.47. The Morgan fingerprint density at radius 1 is 1.35 bits per heavy atom. The molecule has 0 unspecified atom stereocenters. The first-order valence-corrected chi connectivity index (χ1v) is 6.87. The Bertz CT molecular complexity index is 662. The van der Waals surface area contributed by atoms with Gasteiger partial charge in [-0.05, 0) is 36.2 Å². The summed E-state index contributed by atoms with van der Waals surface area (Å²) in [5, 5.41) is 10.7. The highest BCUT2D eigenvalue weighted by Gasteiger charge is 2.10. The van der Waals surface area contributed by atoms with E-state index >= 15 is 0 Å². The van der Waals surface area contributed by atoms with Crippen LogP contribution in [0.4, 0.5) is 15.8 Å². The number of non-ortho nitro benzene ring substituents is 1. The summed E-state index contributed by atoms with van der Waals surface area (Å²) in [5.74, 6) is -0.151. The summed E-state index contributed by atoms with van der Waals surface area (Å²) in [6.07, 6.45) is 0. The lowest BCUT2D eigenvalue weighted by Gasteiger charge is -2.08. The van der Waals surface area contributed by atoms with E-state index in [-0.39, 0.29) is 5.69 Å². The molecule has 0 aliphatic heterocycles. The van der Waals surface area contributed by atoms with Crippen LogP contribution in [0.15, 0.2) is 41.3 Å². The number of nitro groups is 1. The zero-order valence-electron chi connectivity index (χ0n) is 10.8. The van der Waals surface area contributed by atoms with Crippen molar-refractivity contribution in [3.63, 3.8) is 0 Å². The number of nitro benzene ring substituents is 1. The third kappa shape index (κ3) is 3.27.